The molecule has 28 heavy (non-hydrogen) atoms. The van der Waals surface area contributed by atoms with Gasteiger partial charge in [-0.05, 0) is 37.8 Å². The Morgan fingerprint density at radius 2 is 1.64 bits per heavy atom. The van der Waals surface area contributed by atoms with Crippen molar-refractivity contribution in [2.24, 2.45) is 7.05 Å². The average Bonchev–Trinajstić information content (AvgIpc) is 3.01. The number of furan rings is 1. The molecule has 0 aliphatic carbocycles. The Balaban J connectivity index is 2.13. The lowest BCUT2D eigenvalue weighted by molar-refractivity contribution is -0.660. The third kappa shape index (κ3) is 2.62. The minimum absolute atomic E-state index is 0.275. The zero-order chi connectivity index (χ0) is 20.3. The number of halogens is 2. The molecule has 2 nitrogen and oxygen atoms in total. The van der Waals surface area contributed by atoms with Crippen molar-refractivity contribution in [1.82, 2.24) is 0 Å². The predicted octanol–water partition coefficient (Wildman–Crippen LogP) is 6.40. The number of benzene rings is 2. The fraction of sp³-hybridized carbons (Fsp3) is 0.292. The summed E-state index contributed by atoms with van der Waals surface area (Å²) in [6.07, 6.45) is 2.14. The Kier molecular flexibility index (Phi) is 4.25. The van der Waals surface area contributed by atoms with Gasteiger partial charge < -0.3 is 4.42 Å². The summed E-state index contributed by atoms with van der Waals surface area (Å²) in [6.45, 7) is 10.1. The highest BCUT2D eigenvalue weighted by molar-refractivity contribution is 6.10. The second-order valence-electron chi connectivity index (χ2n) is 7.97. The van der Waals surface area contributed by atoms with Crippen LogP contribution in [0.4, 0.5) is 8.78 Å². The highest BCUT2D eigenvalue weighted by atomic mass is 19.1. The summed E-state index contributed by atoms with van der Waals surface area (Å²) in [4.78, 5) is 0. The number of pyridine rings is 1. The molecule has 0 bridgehead atoms. The molecule has 0 N–H and O–H groups in total. The zero-order valence-electron chi connectivity index (χ0n) is 17.1. The molecule has 0 saturated heterocycles. The zero-order valence-corrected chi connectivity index (χ0v) is 17.1. The standard InChI is InChI=1S/C24H24F2NO/c1-12(2)17-11-27(6)20(9-14(17)4)21-13(3)7-8-16-22-19(26)10-18(25)15(5)23(22)28-24(16)21/h7-12H,1-6H3/q+1. The van der Waals surface area contributed by atoms with Crippen LogP contribution >= 0.6 is 0 Å². The summed E-state index contributed by atoms with van der Waals surface area (Å²) in [5, 5.41) is 1.01. The van der Waals surface area contributed by atoms with Gasteiger partial charge >= 0.3 is 0 Å². The van der Waals surface area contributed by atoms with Gasteiger partial charge in [-0.25, -0.2) is 13.3 Å². The van der Waals surface area contributed by atoms with Crippen LogP contribution in [0.1, 0.15) is 42.0 Å². The highest BCUT2D eigenvalue weighted by Crippen LogP contribution is 2.40. The number of nitrogens with zero attached hydrogens (tertiary/aromatic N) is 1. The molecule has 0 radical (unpaired) electrons. The predicted molar refractivity (Wildman–Crippen MR) is 109 cm³/mol. The molecule has 4 heteroatoms. The van der Waals surface area contributed by atoms with Crippen molar-refractivity contribution >= 4 is 21.9 Å². The molecule has 2 heterocycles. The molecule has 0 saturated carbocycles. The van der Waals surface area contributed by atoms with Crippen LogP contribution in [-0.2, 0) is 7.05 Å². The second kappa shape index (κ2) is 6.40. The van der Waals surface area contributed by atoms with Crippen LogP contribution in [0.2, 0.25) is 0 Å². The van der Waals surface area contributed by atoms with Gasteiger partial charge in [0.15, 0.2) is 6.20 Å². The number of fused-ring (bicyclic) bond motifs is 3. The van der Waals surface area contributed by atoms with Crippen LogP contribution in [0.25, 0.3) is 33.2 Å². The van der Waals surface area contributed by atoms with Gasteiger partial charge in [0, 0.05) is 28.6 Å². The molecule has 4 rings (SSSR count). The Morgan fingerprint density at radius 3 is 2.32 bits per heavy atom. The first-order valence-electron chi connectivity index (χ1n) is 9.51. The van der Waals surface area contributed by atoms with Crippen LogP contribution in [0, 0.1) is 32.4 Å². The monoisotopic (exact) mass is 380 g/mol. The van der Waals surface area contributed by atoms with E-state index in [1.807, 2.05) is 26.1 Å². The first-order chi connectivity index (χ1) is 13.2. The fourth-order valence-corrected chi connectivity index (χ4v) is 4.10. The lowest BCUT2D eigenvalue weighted by Gasteiger charge is -2.11. The number of hydrogen-bond donors (Lipinski definition) is 0. The molecule has 144 valence electrons. The third-order valence-electron chi connectivity index (χ3n) is 5.66. The van der Waals surface area contributed by atoms with Crippen molar-refractivity contribution in [1.29, 1.82) is 0 Å². The van der Waals surface area contributed by atoms with Gasteiger partial charge in [0.2, 0.25) is 5.69 Å². The van der Waals surface area contributed by atoms with E-state index in [0.717, 1.165) is 22.9 Å². The fourth-order valence-electron chi connectivity index (χ4n) is 4.10. The average molecular weight is 380 g/mol. The molecule has 2 aromatic heterocycles. The number of rotatable bonds is 2. The Bertz CT molecular complexity index is 1250. The topological polar surface area (TPSA) is 17.0 Å². The van der Waals surface area contributed by atoms with E-state index in [4.69, 9.17) is 4.42 Å². The Labute approximate surface area is 163 Å². The van der Waals surface area contributed by atoms with Crippen molar-refractivity contribution in [2.45, 2.75) is 40.5 Å². The Morgan fingerprint density at radius 1 is 0.929 bits per heavy atom. The molecule has 0 amide bonds. The van der Waals surface area contributed by atoms with E-state index in [1.54, 1.807) is 6.92 Å². The van der Waals surface area contributed by atoms with Crippen molar-refractivity contribution in [3.63, 3.8) is 0 Å². The summed E-state index contributed by atoms with van der Waals surface area (Å²) in [5.41, 5.74) is 6.60. The summed E-state index contributed by atoms with van der Waals surface area (Å²) >= 11 is 0. The first kappa shape index (κ1) is 18.6. The SMILES string of the molecule is Cc1cc(-c2c(C)ccc3c2oc2c(C)c(F)cc(F)c23)[n+](C)cc1C(C)C. The molecule has 0 unspecified atom stereocenters. The molecule has 0 atom stereocenters. The van der Waals surface area contributed by atoms with Crippen LogP contribution in [-0.4, -0.2) is 0 Å². The van der Waals surface area contributed by atoms with Crippen molar-refractivity contribution in [2.75, 3.05) is 0 Å². The van der Waals surface area contributed by atoms with Gasteiger partial charge in [-0.2, -0.15) is 0 Å². The van der Waals surface area contributed by atoms with Crippen molar-refractivity contribution in [3.8, 4) is 11.3 Å². The molecule has 0 aliphatic heterocycles. The van der Waals surface area contributed by atoms with E-state index in [-0.39, 0.29) is 5.58 Å². The van der Waals surface area contributed by atoms with Gasteiger partial charge in [0.25, 0.3) is 0 Å². The van der Waals surface area contributed by atoms with Crippen molar-refractivity contribution in [3.05, 3.63) is 64.4 Å². The maximum Gasteiger partial charge on any atom is 0.216 e. The highest BCUT2D eigenvalue weighted by Gasteiger charge is 2.25. The third-order valence-corrected chi connectivity index (χ3v) is 5.66. The van der Waals surface area contributed by atoms with Gasteiger partial charge in [-0.3, -0.25) is 0 Å². The van der Waals surface area contributed by atoms with Gasteiger partial charge in [0.1, 0.15) is 29.8 Å². The summed E-state index contributed by atoms with van der Waals surface area (Å²) < 4.78 is 36.9. The maximum absolute atomic E-state index is 14.6. The quantitative estimate of drug-likeness (QED) is 0.368. The molecular formula is C24H24F2NO+. The van der Waals surface area contributed by atoms with Gasteiger partial charge in [-0.1, -0.05) is 26.0 Å². The maximum atomic E-state index is 14.6. The molecule has 0 fully saturated rings. The van der Waals surface area contributed by atoms with Gasteiger partial charge in [-0.15, -0.1) is 0 Å². The van der Waals surface area contributed by atoms with E-state index >= 15 is 0 Å². The number of aryl methyl sites for hydroxylation is 4. The van der Waals surface area contributed by atoms with Crippen LogP contribution < -0.4 is 4.57 Å². The molecular weight excluding hydrogens is 356 g/mol. The minimum atomic E-state index is -0.595. The minimum Gasteiger partial charge on any atom is -0.455 e. The molecule has 4 aromatic rings. The molecule has 0 aliphatic rings. The number of aromatic nitrogens is 1. The lowest BCUT2D eigenvalue weighted by Crippen LogP contribution is -2.32. The van der Waals surface area contributed by atoms with Crippen LogP contribution in [0.3, 0.4) is 0 Å². The first-order valence-corrected chi connectivity index (χ1v) is 9.51. The van der Waals surface area contributed by atoms with E-state index in [0.29, 0.717) is 27.8 Å². The molecule has 2 aromatic carbocycles. The smallest absolute Gasteiger partial charge is 0.216 e. The second-order valence-corrected chi connectivity index (χ2v) is 7.97. The van der Waals surface area contributed by atoms with E-state index < -0.39 is 11.6 Å². The summed E-state index contributed by atoms with van der Waals surface area (Å²) in [6, 6.07) is 6.91. The largest absolute Gasteiger partial charge is 0.455 e. The van der Waals surface area contributed by atoms with Crippen LogP contribution in [0.15, 0.2) is 34.9 Å². The van der Waals surface area contributed by atoms with Crippen molar-refractivity contribution < 1.29 is 17.8 Å². The number of hydrogen-bond acceptors (Lipinski definition) is 1. The van der Waals surface area contributed by atoms with E-state index in [2.05, 4.69) is 37.6 Å². The Hall–Kier alpha value is -2.75. The van der Waals surface area contributed by atoms with Gasteiger partial charge in [0.05, 0.1) is 10.9 Å². The lowest BCUT2D eigenvalue weighted by atomic mass is 9.95. The summed E-state index contributed by atoms with van der Waals surface area (Å²) in [5.74, 6) is -0.768. The van der Waals surface area contributed by atoms with E-state index in [9.17, 15) is 8.78 Å². The summed E-state index contributed by atoms with van der Waals surface area (Å²) in [7, 11) is 2.01. The molecule has 0 spiro atoms. The normalized spacial score (nSPS) is 11.9. The van der Waals surface area contributed by atoms with Crippen LogP contribution in [0.5, 0.6) is 0 Å². The van der Waals surface area contributed by atoms with E-state index in [1.165, 1.54) is 11.1 Å².